The Kier molecular flexibility index (Phi) is 5.07. The van der Waals surface area contributed by atoms with E-state index in [0.717, 1.165) is 38.0 Å². The van der Waals surface area contributed by atoms with E-state index in [9.17, 15) is 5.11 Å². The van der Waals surface area contributed by atoms with E-state index in [2.05, 4.69) is 13.8 Å². The lowest BCUT2D eigenvalue weighted by molar-refractivity contribution is -0.0124. The molecule has 0 heterocycles. The summed E-state index contributed by atoms with van der Waals surface area (Å²) in [4.78, 5) is 0. The maximum Gasteiger partial charge on any atom is 0.0608 e. The molecule has 2 nitrogen and oxygen atoms in total. The Bertz CT molecular complexity index is 173. The van der Waals surface area contributed by atoms with Crippen LogP contribution in [-0.2, 0) is 0 Å². The van der Waals surface area contributed by atoms with Crippen LogP contribution in [0.15, 0.2) is 0 Å². The van der Waals surface area contributed by atoms with Gasteiger partial charge in [0.25, 0.3) is 0 Å². The van der Waals surface area contributed by atoms with Crippen molar-refractivity contribution >= 4 is 0 Å². The second kappa shape index (κ2) is 5.86. The summed E-state index contributed by atoms with van der Waals surface area (Å²) in [5.74, 6) is 0.822. The summed E-state index contributed by atoms with van der Waals surface area (Å²) in [6.45, 7) is 5.13. The molecular formula is C13H27NO. The molecule has 0 bridgehead atoms. The molecule has 1 unspecified atom stereocenters. The third-order valence-corrected chi connectivity index (χ3v) is 4.21. The van der Waals surface area contributed by atoms with Gasteiger partial charge in [-0.2, -0.15) is 0 Å². The van der Waals surface area contributed by atoms with E-state index < -0.39 is 0 Å². The molecule has 1 fully saturated rings. The minimum atomic E-state index is -0.171. The first-order valence-corrected chi connectivity index (χ1v) is 6.52. The molecule has 1 aliphatic rings. The van der Waals surface area contributed by atoms with Gasteiger partial charge in [0.2, 0.25) is 0 Å². The zero-order valence-electron chi connectivity index (χ0n) is 10.3. The van der Waals surface area contributed by atoms with Gasteiger partial charge in [-0.1, -0.05) is 39.5 Å². The minimum Gasteiger partial charge on any atom is -0.393 e. The number of nitrogens with two attached hydrogens (primary N) is 1. The fourth-order valence-electron chi connectivity index (χ4n) is 2.71. The van der Waals surface area contributed by atoms with E-state index >= 15 is 0 Å². The van der Waals surface area contributed by atoms with Crippen molar-refractivity contribution in [1.29, 1.82) is 0 Å². The van der Waals surface area contributed by atoms with Gasteiger partial charge in [0.05, 0.1) is 6.10 Å². The zero-order chi connectivity index (χ0) is 11.3. The molecule has 90 valence electrons. The Balaban J connectivity index is 2.51. The predicted octanol–water partition coefficient (Wildman–Crippen LogP) is 2.69. The van der Waals surface area contributed by atoms with Crippen molar-refractivity contribution in [3.63, 3.8) is 0 Å². The minimum absolute atomic E-state index is 0.0433. The second-order valence-corrected chi connectivity index (χ2v) is 5.41. The normalized spacial score (nSPS) is 34.0. The summed E-state index contributed by atoms with van der Waals surface area (Å²) >= 11 is 0. The fourth-order valence-corrected chi connectivity index (χ4v) is 2.71. The molecule has 15 heavy (non-hydrogen) atoms. The molecule has 3 N–H and O–H groups in total. The van der Waals surface area contributed by atoms with E-state index in [1.807, 2.05) is 0 Å². The summed E-state index contributed by atoms with van der Waals surface area (Å²) in [6, 6.07) is 0. The number of hydrogen-bond acceptors (Lipinski definition) is 2. The zero-order valence-corrected chi connectivity index (χ0v) is 10.3. The van der Waals surface area contributed by atoms with Crippen LogP contribution in [0.25, 0.3) is 0 Å². The highest BCUT2D eigenvalue weighted by atomic mass is 16.3. The summed E-state index contributed by atoms with van der Waals surface area (Å²) < 4.78 is 0. The molecule has 1 aliphatic carbocycles. The number of rotatable bonds is 5. The van der Waals surface area contributed by atoms with Crippen molar-refractivity contribution < 1.29 is 5.11 Å². The van der Waals surface area contributed by atoms with Crippen LogP contribution in [0.3, 0.4) is 0 Å². The maximum absolute atomic E-state index is 10.3. The number of unbranched alkanes of at least 4 members (excludes halogenated alkanes) is 1. The van der Waals surface area contributed by atoms with Crippen molar-refractivity contribution in [3.8, 4) is 0 Å². The Morgan fingerprint density at radius 1 is 1.40 bits per heavy atom. The van der Waals surface area contributed by atoms with Gasteiger partial charge in [-0.05, 0) is 25.2 Å². The van der Waals surface area contributed by atoms with Gasteiger partial charge < -0.3 is 10.8 Å². The smallest absolute Gasteiger partial charge is 0.0608 e. The van der Waals surface area contributed by atoms with Crippen molar-refractivity contribution in [3.05, 3.63) is 0 Å². The standard InChI is InChI=1S/C13H27NO/c1-3-4-5-12(15)13(10-14)8-6-11(2)7-9-13/h11-12,15H,3-10,14H2,1-2H3. The molecule has 0 aliphatic heterocycles. The molecular weight excluding hydrogens is 186 g/mol. The Hall–Kier alpha value is -0.0800. The number of aliphatic hydroxyl groups is 1. The molecule has 1 saturated carbocycles. The van der Waals surface area contributed by atoms with Gasteiger partial charge in [0.1, 0.15) is 0 Å². The third-order valence-electron chi connectivity index (χ3n) is 4.21. The van der Waals surface area contributed by atoms with Crippen LogP contribution in [-0.4, -0.2) is 17.8 Å². The van der Waals surface area contributed by atoms with Crippen LogP contribution in [0.2, 0.25) is 0 Å². The molecule has 0 radical (unpaired) electrons. The summed E-state index contributed by atoms with van der Waals surface area (Å²) in [7, 11) is 0. The molecule has 0 amide bonds. The highest BCUT2D eigenvalue weighted by Crippen LogP contribution is 2.42. The Morgan fingerprint density at radius 2 is 2.00 bits per heavy atom. The van der Waals surface area contributed by atoms with E-state index in [0.29, 0.717) is 6.54 Å². The van der Waals surface area contributed by atoms with Crippen LogP contribution in [0.4, 0.5) is 0 Å². The third kappa shape index (κ3) is 3.18. The largest absolute Gasteiger partial charge is 0.393 e. The monoisotopic (exact) mass is 213 g/mol. The van der Waals surface area contributed by atoms with Gasteiger partial charge in [0, 0.05) is 12.0 Å². The van der Waals surface area contributed by atoms with Crippen molar-refractivity contribution in [2.45, 2.75) is 64.9 Å². The highest BCUT2D eigenvalue weighted by molar-refractivity contribution is 4.91. The lowest BCUT2D eigenvalue weighted by atomic mass is 9.66. The molecule has 2 heteroatoms. The quantitative estimate of drug-likeness (QED) is 0.737. The molecule has 0 spiro atoms. The lowest BCUT2D eigenvalue weighted by Gasteiger charge is -2.42. The molecule has 1 rings (SSSR count). The first kappa shape index (κ1) is 13.0. The van der Waals surface area contributed by atoms with Crippen molar-refractivity contribution in [2.75, 3.05) is 6.54 Å². The first-order valence-electron chi connectivity index (χ1n) is 6.52. The molecule has 1 atom stereocenters. The summed E-state index contributed by atoms with van der Waals surface area (Å²) in [5, 5.41) is 10.3. The topological polar surface area (TPSA) is 46.2 Å². The molecule has 0 aromatic heterocycles. The van der Waals surface area contributed by atoms with Crippen molar-refractivity contribution in [1.82, 2.24) is 0 Å². The van der Waals surface area contributed by atoms with Gasteiger partial charge in [0.15, 0.2) is 0 Å². The van der Waals surface area contributed by atoms with Gasteiger partial charge in [-0.3, -0.25) is 0 Å². The van der Waals surface area contributed by atoms with E-state index in [1.54, 1.807) is 0 Å². The molecule has 0 saturated heterocycles. The predicted molar refractivity (Wildman–Crippen MR) is 64.7 cm³/mol. The summed E-state index contributed by atoms with van der Waals surface area (Å²) in [5.41, 5.74) is 5.94. The average molecular weight is 213 g/mol. The van der Waals surface area contributed by atoms with Crippen LogP contribution < -0.4 is 5.73 Å². The van der Waals surface area contributed by atoms with Gasteiger partial charge >= 0.3 is 0 Å². The van der Waals surface area contributed by atoms with Crippen molar-refractivity contribution in [2.24, 2.45) is 17.1 Å². The average Bonchev–Trinajstić information content (AvgIpc) is 2.27. The Morgan fingerprint density at radius 3 is 2.47 bits per heavy atom. The SMILES string of the molecule is CCCCC(O)C1(CN)CCC(C)CC1. The highest BCUT2D eigenvalue weighted by Gasteiger charge is 2.38. The van der Waals surface area contributed by atoms with Crippen LogP contribution in [0, 0.1) is 11.3 Å². The van der Waals surface area contributed by atoms with Gasteiger partial charge in [-0.25, -0.2) is 0 Å². The van der Waals surface area contributed by atoms with E-state index in [4.69, 9.17) is 5.73 Å². The van der Waals surface area contributed by atoms with Gasteiger partial charge in [-0.15, -0.1) is 0 Å². The van der Waals surface area contributed by atoms with E-state index in [-0.39, 0.29) is 11.5 Å². The molecule has 0 aromatic carbocycles. The Labute approximate surface area is 94.2 Å². The van der Waals surface area contributed by atoms with Crippen LogP contribution in [0.5, 0.6) is 0 Å². The molecule has 0 aromatic rings. The van der Waals surface area contributed by atoms with E-state index in [1.165, 1.54) is 12.8 Å². The summed E-state index contributed by atoms with van der Waals surface area (Å²) in [6.07, 6.45) is 7.76. The number of aliphatic hydroxyl groups excluding tert-OH is 1. The number of hydrogen-bond donors (Lipinski definition) is 2. The van der Waals surface area contributed by atoms with Crippen LogP contribution in [0.1, 0.15) is 58.8 Å². The van der Waals surface area contributed by atoms with Crippen LogP contribution >= 0.6 is 0 Å². The second-order valence-electron chi connectivity index (χ2n) is 5.41. The first-order chi connectivity index (χ1) is 7.14. The fraction of sp³-hybridized carbons (Fsp3) is 1.00. The maximum atomic E-state index is 10.3. The lowest BCUT2D eigenvalue weighted by Crippen LogP contribution is -2.44.